The second kappa shape index (κ2) is 5.68. The normalized spacial score (nSPS) is 24.1. The maximum Gasteiger partial charge on any atom is 0.358 e. The number of fused-ring (bicyclic) bond motifs is 2. The molecule has 2 saturated heterocycles. The molecule has 2 aliphatic heterocycles. The molecule has 9 heteroatoms. The Morgan fingerprint density at radius 2 is 2.10 bits per heavy atom. The zero-order valence-corrected chi connectivity index (χ0v) is 11.4. The summed E-state index contributed by atoms with van der Waals surface area (Å²) in [7, 11) is 0. The first-order chi connectivity index (χ1) is 10.1. The summed E-state index contributed by atoms with van der Waals surface area (Å²) in [6, 6.07) is -0.117. The van der Waals surface area contributed by atoms with Gasteiger partial charge in [-0.2, -0.15) is 0 Å². The van der Waals surface area contributed by atoms with Crippen molar-refractivity contribution >= 4 is 12.0 Å². The van der Waals surface area contributed by atoms with Gasteiger partial charge in [0.1, 0.15) is 0 Å². The van der Waals surface area contributed by atoms with Crippen LogP contribution in [0.5, 0.6) is 0 Å². The van der Waals surface area contributed by atoms with Crippen molar-refractivity contribution in [3.8, 4) is 0 Å². The highest BCUT2D eigenvalue weighted by molar-refractivity contribution is 5.84. The Kier molecular flexibility index (Phi) is 3.74. The van der Waals surface area contributed by atoms with Crippen LogP contribution in [0, 0.1) is 0 Å². The number of hydrogen-bond acceptors (Lipinski definition) is 5. The highest BCUT2D eigenvalue weighted by Gasteiger charge is 2.35. The van der Waals surface area contributed by atoms with Crippen LogP contribution >= 0.6 is 0 Å². The molecule has 3 heterocycles. The van der Waals surface area contributed by atoms with Crippen LogP contribution in [0.25, 0.3) is 0 Å². The SMILES string of the molecule is O=C(O)c1cn(CCNC(=O)N2CC3CCC(C2)O3)nn1. The predicted molar refractivity (Wildman–Crippen MR) is 69.8 cm³/mol. The molecule has 0 saturated carbocycles. The average Bonchev–Trinajstić information content (AvgIpc) is 3.05. The fourth-order valence-electron chi connectivity index (χ4n) is 2.68. The minimum atomic E-state index is -1.12. The van der Waals surface area contributed by atoms with E-state index in [9.17, 15) is 9.59 Å². The lowest BCUT2D eigenvalue weighted by molar-refractivity contribution is -0.0238. The summed E-state index contributed by atoms with van der Waals surface area (Å²) in [6.45, 7) is 2.01. The summed E-state index contributed by atoms with van der Waals surface area (Å²) in [6.07, 6.45) is 3.71. The van der Waals surface area contributed by atoms with Crippen LogP contribution in [0.15, 0.2) is 6.20 Å². The van der Waals surface area contributed by atoms with E-state index in [1.54, 1.807) is 4.90 Å². The fourth-order valence-corrected chi connectivity index (χ4v) is 2.68. The van der Waals surface area contributed by atoms with E-state index < -0.39 is 5.97 Å². The number of amides is 2. The van der Waals surface area contributed by atoms with Crippen LogP contribution in [0.3, 0.4) is 0 Å². The van der Waals surface area contributed by atoms with Gasteiger partial charge in [0.2, 0.25) is 0 Å². The van der Waals surface area contributed by atoms with E-state index in [4.69, 9.17) is 9.84 Å². The third kappa shape index (κ3) is 3.13. The van der Waals surface area contributed by atoms with Crippen LogP contribution in [-0.2, 0) is 11.3 Å². The minimum absolute atomic E-state index is 0.105. The van der Waals surface area contributed by atoms with Gasteiger partial charge in [0.25, 0.3) is 0 Å². The monoisotopic (exact) mass is 295 g/mol. The van der Waals surface area contributed by atoms with Gasteiger partial charge in [-0.05, 0) is 12.8 Å². The molecule has 1 aromatic rings. The van der Waals surface area contributed by atoms with Gasteiger partial charge in [0.15, 0.2) is 5.69 Å². The molecule has 2 bridgehead atoms. The average molecular weight is 295 g/mol. The van der Waals surface area contributed by atoms with Gasteiger partial charge < -0.3 is 20.1 Å². The highest BCUT2D eigenvalue weighted by atomic mass is 16.5. The standard InChI is InChI=1S/C12H17N5O4/c18-11(19)10-7-17(15-14-10)4-3-13-12(20)16-5-8-1-2-9(6-16)21-8/h7-9H,1-6H2,(H,13,20)(H,18,19). The number of nitrogens with zero attached hydrogens (tertiary/aromatic N) is 4. The van der Waals surface area contributed by atoms with Crippen molar-refractivity contribution in [2.45, 2.75) is 31.6 Å². The molecule has 2 unspecified atom stereocenters. The number of rotatable bonds is 4. The van der Waals surface area contributed by atoms with Crippen molar-refractivity contribution in [2.24, 2.45) is 0 Å². The molecular weight excluding hydrogens is 278 g/mol. The smallest absolute Gasteiger partial charge is 0.358 e. The Bertz CT molecular complexity index is 534. The molecule has 114 valence electrons. The summed E-state index contributed by atoms with van der Waals surface area (Å²) >= 11 is 0. The van der Waals surface area contributed by atoms with E-state index >= 15 is 0 Å². The third-order valence-electron chi connectivity index (χ3n) is 3.71. The van der Waals surface area contributed by atoms with Crippen LogP contribution in [0.4, 0.5) is 4.79 Å². The number of carbonyl (C=O) groups excluding carboxylic acids is 1. The number of carbonyl (C=O) groups is 2. The van der Waals surface area contributed by atoms with Gasteiger partial charge in [-0.25, -0.2) is 14.3 Å². The third-order valence-corrected chi connectivity index (χ3v) is 3.71. The number of aromatic nitrogens is 3. The van der Waals surface area contributed by atoms with E-state index in [2.05, 4.69) is 15.6 Å². The molecule has 0 aliphatic carbocycles. The Hall–Kier alpha value is -2.16. The lowest BCUT2D eigenvalue weighted by Gasteiger charge is -2.32. The van der Waals surface area contributed by atoms with Crippen LogP contribution in [0.1, 0.15) is 23.3 Å². The number of likely N-dealkylation sites (tertiary alicyclic amines) is 1. The van der Waals surface area contributed by atoms with Crippen molar-refractivity contribution < 1.29 is 19.4 Å². The fraction of sp³-hybridized carbons (Fsp3) is 0.667. The molecule has 2 aliphatic rings. The second-order valence-corrected chi connectivity index (χ2v) is 5.27. The van der Waals surface area contributed by atoms with Gasteiger partial charge in [-0.15, -0.1) is 5.10 Å². The summed E-state index contributed by atoms with van der Waals surface area (Å²) in [4.78, 5) is 24.5. The number of morpholine rings is 1. The van der Waals surface area contributed by atoms with Crippen molar-refractivity contribution in [1.29, 1.82) is 0 Å². The molecular formula is C12H17N5O4. The highest BCUT2D eigenvalue weighted by Crippen LogP contribution is 2.25. The number of aromatic carboxylic acids is 1. The zero-order chi connectivity index (χ0) is 14.8. The summed E-state index contributed by atoms with van der Waals surface area (Å²) in [5.41, 5.74) is -0.105. The van der Waals surface area contributed by atoms with E-state index in [0.29, 0.717) is 26.2 Å². The second-order valence-electron chi connectivity index (χ2n) is 5.27. The summed E-state index contributed by atoms with van der Waals surface area (Å²) in [5.74, 6) is -1.12. The van der Waals surface area contributed by atoms with E-state index in [0.717, 1.165) is 12.8 Å². The molecule has 2 fully saturated rings. The lowest BCUT2D eigenvalue weighted by Crippen LogP contribution is -2.50. The molecule has 0 radical (unpaired) electrons. The van der Waals surface area contributed by atoms with Gasteiger partial charge >= 0.3 is 12.0 Å². The van der Waals surface area contributed by atoms with Crippen molar-refractivity contribution in [3.63, 3.8) is 0 Å². The lowest BCUT2D eigenvalue weighted by atomic mass is 10.2. The van der Waals surface area contributed by atoms with E-state index in [1.165, 1.54) is 10.9 Å². The molecule has 2 amide bonds. The van der Waals surface area contributed by atoms with E-state index in [-0.39, 0.29) is 23.9 Å². The molecule has 2 atom stereocenters. The van der Waals surface area contributed by atoms with Crippen LogP contribution in [0.2, 0.25) is 0 Å². The molecule has 21 heavy (non-hydrogen) atoms. The Labute approximate surface area is 120 Å². The van der Waals surface area contributed by atoms with E-state index in [1.807, 2.05) is 0 Å². The quantitative estimate of drug-likeness (QED) is 0.778. The van der Waals surface area contributed by atoms with Gasteiger partial charge in [-0.3, -0.25) is 0 Å². The number of nitrogens with one attached hydrogen (secondary N) is 1. The molecule has 9 nitrogen and oxygen atoms in total. The minimum Gasteiger partial charge on any atom is -0.476 e. The van der Waals surface area contributed by atoms with Crippen molar-refractivity contribution in [2.75, 3.05) is 19.6 Å². The molecule has 0 spiro atoms. The first-order valence-corrected chi connectivity index (χ1v) is 6.93. The number of carboxylic acids is 1. The van der Waals surface area contributed by atoms with Gasteiger partial charge in [0, 0.05) is 19.6 Å². The van der Waals surface area contributed by atoms with Crippen LogP contribution in [-0.4, -0.2) is 68.8 Å². The van der Waals surface area contributed by atoms with Crippen molar-refractivity contribution in [1.82, 2.24) is 25.2 Å². The number of hydrogen-bond donors (Lipinski definition) is 2. The topological polar surface area (TPSA) is 110 Å². The van der Waals surface area contributed by atoms with Gasteiger partial charge in [0.05, 0.1) is 24.9 Å². The van der Waals surface area contributed by atoms with Crippen molar-refractivity contribution in [3.05, 3.63) is 11.9 Å². The summed E-state index contributed by atoms with van der Waals surface area (Å²) < 4.78 is 7.07. The Morgan fingerprint density at radius 3 is 2.71 bits per heavy atom. The first kappa shape index (κ1) is 13.8. The predicted octanol–water partition coefficient (Wildman–Crippen LogP) is -0.451. The molecule has 2 N–H and O–H groups in total. The number of ether oxygens (including phenoxy) is 1. The summed E-state index contributed by atoms with van der Waals surface area (Å²) in [5, 5.41) is 18.7. The maximum atomic E-state index is 12.0. The number of carboxylic acid groups (broad SMARTS) is 1. The zero-order valence-electron chi connectivity index (χ0n) is 11.4. The Morgan fingerprint density at radius 1 is 1.38 bits per heavy atom. The van der Waals surface area contributed by atoms with Gasteiger partial charge in [-0.1, -0.05) is 5.21 Å². The first-order valence-electron chi connectivity index (χ1n) is 6.93. The molecule has 1 aromatic heterocycles. The molecule has 3 rings (SSSR count). The molecule has 0 aromatic carbocycles. The number of urea groups is 1. The Balaban J connectivity index is 1.44. The van der Waals surface area contributed by atoms with Crippen LogP contribution < -0.4 is 5.32 Å². The largest absolute Gasteiger partial charge is 0.476 e. The maximum absolute atomic E-state index is 12.0.